The molecular weight excluding hydrogens is 253 g/mol. The first-order chi connectivity index (χ1) is 8.18. The summed E-state index contributed by atoms with van der Waals surface area (Å²) in [5.74, 6) is 0.863. The Kier molecular flexibility index (Phi) is 4.72. The number of hydrogen-bond acceptors (Lipinski definition) is 1. The van der Waals surface area contributed by atoms with Crippen LogP contribution < -0.4 is 5.73 Å². The minimum atomic E-state index is -0.0307. The Bertz CT molecular complexity index is 352. The lowest BCUT2D eigenvalue weighted by atomic mass is 9.95. The second kappa shape index (κ2) is 6.08. The summed E-state index contributed by atoms with van der Waals surface area (Å²) in [5, 5.41) is 1.38. The first-order valence-electron chi connectivity index (χ1n) is 6.38. The molecule has 0 spiro atoms. The Hall–Kier alpha value is -0.240. The Labute approximate surface area is 113 Å². The molecule has 2 N–H and O–H groups in total. The van der Waals surface area contributed by atoms with Gasteiger partial charge in [-0.05, 0) is 30.9 Å². The molecule has 1 atom stereocenters. The minimum absolute atomic E-state index is 0.0307. The second-order valence-corrected chi connectivity index (χ2v) is 5.78. The van der Waals surface area contributed by atoms with Crippen LogP contribution in [0.1, 0.15) is 50.1 Å². The Balaban J connectivity index is 1.96. The molecule has 1 aliphatic rings. The standard InChI is InChI=1S/C14H19Cl2N/c15-11-6-3-7-12(16)14(11)13(17)9-8-10-4-1-2-5-10/h3,6-7,10,13H,1-2,4-5,8-9,17H2. The zero-order valence-corrected chi connectivity index (χ0v) is 11.5. The molecule has 3 heteroatoms. The zero-order valence-electron chi connectivity index (χ0n) is 9.96. The molecular formula is C14H19Cl2N. The largest absolute Gasteiger partial charge is 0.324 e. The number of benzene rings is 1. The molecule has 0 amide bonds. The van der Waals surface area contributed by atoms with Crippen LogP contribution in [0.3, 0.4) is 0 Å². The molecule has 0 heterocycles. The first-order valence-corrected chi connectivity index (χ1v) is 7.13. The van der Waals surface area contributed by atoms with E-state index in [0.717, 1.165) is 17.9 Å². The SMILES string of the molecule is NC(CCC1CCCC1)c1c(Cl)cccc1Cl. The van der Waals surface area contributed by atoms with Crippen molar-refractivity contribution in [1.82, 2.24) is 0 Å². The fourth-order valence-electron chi connectivity index (χ4n) is 2.72. The van der Waals surface area contributed by atoms with Crippen LogP contribution >= 0.6 is 23.2 Å². The van der Waals surface area contributed by atoms with Crippen LogP contribution in [0.15, 0.2) is 18.2 Å². The molecule has 0 radical (unpaired) electrons. The third-order valence-corrected chi connectivity index (χ3v) is 4.39. The highest BCUT2D eigenvalue weighted by Gasteiger charge is 2.19. The number of nitrogens with two attached hydrogens (primary N) is 1. The maximum atomic E-state index is 6.21. The lowest BCUT2D eigenvalue weighted by molar-refractivity contribution is 0.454. The molecule has 1 saturated carbocycles. The molecule has 2 rings (SSSR count). The molecule has 0 bridgehead atoms. The molecule has 1 fully saturated rings. The summed E-state index contributed by atoms with van der Waals surface area (Å²) >= 11 is 12.3. The number of rotatable bonds is 4. The Morgan fingerprint density at radius 2 is 1.76 bits per heavy atom. The minimum Gasteiger partial charge on any atom is -0.324 e. The van der Waals surface area contributed by atoms with E-state index < -0.39 is 0 Å². The van der Waals surface area contributed by atoms with E-state index in [1.54, 1.807) is 0 Å². The molecule has 1 aromatic rings. The van der Waals surface area contributed by atoms with Gasteiger partial charge in [0.2, 0.25) is 0 Å². The van der Waals surface area contributed by atoms with E-state index in [1.807, 2.05) is 18.2 Å². The van der Waals surface area contributed by atoms with Crippen LogP contribution in [0.2, 0.25) is 10.0 Å². The van der Waals surface area contributed by atoms with Crippen LogP contribution in [0, 0.1) is 5.92 Å². The summed E-state index contributed by atoms with van der Waals surface area (Å²) in [5.41, 5.74) is 7.12. The quantitative estimate of drug-likeness (QED) is 0.823. The monoisotopic (exact) mass is 271 g/mol. The molecule has 94 valence electrons. The van der Waals surface area contributed by atoms with E-state index in [-0.39, 0.29) is 6.04 Å². The lowest BCUT2D eigenvalue weighted by Crippen LogP contribution is -2.13. The predicted octanol–water partition coefficient (Wildman–Crippen LogP) is 4.96. The van der Waals surface area contributed by atoms with Gasteiger partial charge in [-0.3, -0.25) is 0 Å². The van der Waals surface area contributed by atoms with Crippen molar-refractivity contribution in [3.05, 3.63) is 33.8 Å². The van der Waals surface area contributed by atoms with Crippen molar-refractivity contribution in [2.45, 2.75) is 44.6 Å². The van der Waals surface area contributed by atoms with Gasteiger partial charge in [0.25, 0.3) is 0 Å². The molecule has 1 nitrogen and oxygen atoms in total. The molecule has 1 aromatic carbocycles. The van der Waals surface area contributed by atoms with E-state index in [4.69, 9.17) is 28.9 Å². The van der Waals surface area contributed by atoms with Crippen molar-refractivity contribution in [3.63, 3.8) is 0 Å². The molecule has 1 aliphatic carbocycles. The van der Waals surface area contributed by atoms with Crippen molar-refractivity contribution in [2.75, 3.05) is 0 Å². The third-order valence-electron chi connectivity index (χ3n) is 3.73. The lowest BCUT2D eigenvalue weighted by Gasteiger charge is -2.17. The van der Waals surface area contributed by atoms with Gasteiger partial charge in [0.05, 0.1) is 0 Å². The third kappa shape index (κ3) is 3.37. The normalized spacial score (nSPS) is 18.5. The van der Waals surface area contributed by atoms with E-state index >= 15 is 0 Å². The molecule has 0 saturated heterocycles. The molecule has 0 aliphatic heterocycles. The van der Waals surface area contributed by atoms with Gasteiger partial charge in [0.15, 0.2) is 0 Å². The summed E-state index contributed by atoms with van der Waals surface area (Å²) in [4.78, 5) is 0. The fourth-order valence-corrected chi connectivity index (χ4v) is 3.40. The van der Waals surface area contributed by atoms with Crippen molar-refractivity contribution < 1.29 is 0 Å². The van der Waals surface area contributed by atoms with Crippen LogP contribution in [0.25, 0.3) is 0 Å². The zero-order chi connectivity index (χ0) is 12.3. The van der Waals surface area contributed by atoms with Gasteiger partial charge in [0, 0.05) is 21.7 Å². The molecule has 17 heavy (non-hydrogen) atoms. The van der Waals surface area contributed by atoms with Crippen molar-refractivity contribution in [1.29, 1.82) is 0 Å². The summed E-state index contributed by atoms with van der Waals surface area (Å²) in [6, 6.07) is 5.55. The topological polar surface area (TPSA) is 26.0 Å². The van der Waals surface area contributed by atoms with Gasteiger partial charge in [0.1, 0.15) is 0 Å². The second-order valence-electron chi connectivity index (χ2n) is 4.97. The van der Waals surface area contributed by atoms with Gasteiger partial charge in [-0.15, -0.1) is 0 Å². The smallest absolute Gasteiger partial charge is 0.0468 e. The maximum Gasteiger partial charge on any atom is 0.0468 e. The average Bonchev–Trinajstić information content (AvgIpc) is 2.79. The number of halogens is 2. The van der Waals surface area contributed by atoms with Gasteiger partial charge in [-0.2, -0.15) is 0 Å². The van der Waals surface area contributed by atoms with Crippen LogP contribution in [-0.2, 0) is 0 Å². The maximum absolute atomic E-state index is 6.21. The summed E-state index contributed by atoms with van der Waals surface area (Å²) in [7, 11) is 0. The fraction of sp³-hybridized carbons (Fsp3) is 0.571. The van der Waals surface area contributed by atoms with E-state index in [0.29, 0.717) is 10.0 Å². The van der Waals surface area contributed by atoms with Crippen LogP contribution in [-0.4, -0.2) is 0 Å². The van der Waals surface area contributed by atoms with Gasteiger partial charge in [-0.25, -0.2) is 0 Å². The van der Waals surface area contributed by atoms with Crippen molar-refractivity contribution in [3.8, 4) is 0 Å². The van der Waals surface area contributed by atoms with E-state index in [1.165, 1.54) is 32.1 Å². The van der Waals surface area contributed by atoms with E-state index in [9.17, 15) is 0 Å². The van der Waals surface area contributed by atoms with Crippen molar-refractivity contribution >= 4 is 23.2 Å². The van der Waals surface area contributed by atoms with Crippen molar-refractivity contribution in [2.24, 2.45) is 11.7 Å². The van der Waals surface area contributed by atoms with Crippen LogP contribution in [0.4, 0.5) is 0 Å². The predicted molar refractivity (Wildman–Crippen MR) is 74.6 cm³/mol. The Morgan fingerprint density at radius 1 is 1.18 bits per heavy atom. The van der Waals surface area contributed by atoms with E-state index in [2.05, 4.69) is 0 Å². The molecule has 0 aromatic heterocycles. The highest BCUT2D eigenvalue weighted by molar-refractivity contribution is 6.36. The van der Waals surface area contributed by atoms with Gasteiger partial charge in [-0.1, -0.05) is 55.0 Å². The van der Waals surface area contributed by atoms with Gasteiger partial charge < -0.3 is 5.73 Å². The highest BCUT2D eigenvalue weighted by Crippen LogP contribution is 2.34. The highest BCUT2D eigenvalue weighted by atomic mass is 35.5. The van der Waals surface area contributed by atoms with Gasteiger partial charge >= 0.3 is 0 Å². The van der Waals surface area contributed by atoms with Crippen LogP contribution in [0.5, 0.6) is 0 Å². The average molecular weight is 272 g/mol. The molecule has 1 unspecified atom stereocenters. The first kappa shape index (κ1) is 13.2. The summed E-state index contributed by atoms with van der Waals surface area (Å²) < 4.78 is 0. The summed E-state index contributed by atoms with van der Waals surface area (Å²) in [6.07, 6.45) is 7.67. The number of hydrogen-bond donors (Lipinski definition) is 1. The Morgan fingerprint density at radius 3 is 2.35 bits per heavy atom. The summed E-state index contributed by atoms with van der Waals surface area (Å²) in [6.45, 7) is 0.